The fraction of sp³-hybridized carbons (Fsp3) is 0.500. The van der Waals surface area contributed by atoms with Crippen LogP contribution in [0.2, 0.25) is 0 Å². The highest BCUT2D eigenvalue weighted by molar-refractivity contribution is 7.89. The van der Waals surface area contributed by atoms with Gasteiger partial charge in [-0.1, -0.05) is 44.2 Å². The van der Waals surface area contributed by atoms with E-state index in [-0.39, 0.29) is 23.5 Å². The van der Waals surface area contributed by atoms with Crippen LogP contribution >= 0.6 is 0 Å². The molecule has 2 aliphatic carbocycles. The van der Waals surface area contributed by atoms with Crippen molar-refractivity contribution in [2.24, 2.45) is 16.7 Å². The quantitative estimate of drug-likeness (QED) is 0.821. The van der Waals surface area contributed by atoms with Gasteiger partial charge in [0.1, 0.15) is 5.78 Å². The van der Waals surface area contributed by atoms with Gasteiger partial charge in [-0.3, -0.25) is 4.79 Å². The van der Waals surface area contributed by atoms with Crippen molar-refractivity contribution in [1.29, 1.82) is 0 Å². The van der Waals surface area contributed by atoms with Crippen LogP contribution in [0.5, 0.6) is 0 Å². The minimum Gasteiger partial charge on any atom is -0.439 e. The van der Waals surface area contributed by atoms with Gasteiger partial charge in [-0.2, -0.15) is 0 Å². The summed E-state index contributed by atoms with van der Waals surface area (Å²) in [5, 5.41) is 0. The fourth-order valence-corrected chi connectivity index (χ4v) is 6.55. The smallest absolute Gasteiger partial charge is 0.213 e. The first-order valence-corrected chi connectivity index (χ1v) is 10.9. The van der Waals surface area contributed by atoms with Crippen LogP contribution in [0, 0.1) is 16.7 Å². The topological polar surface area (TPSA) is 89.3 Å². The molecule has 1 heterocycles. The standard InChI is InChI=1S/C20H24N2O4S/c1-19(2)15-8-9-20(19,17(23)10-15)13-27(24,25)22-12-18-21-11-16(26-18)14-6-4-3-5-7-14/h3-7,11,15,22H,8-10,12-13H2,1-2H3. The molecule has 2 fully saturated rings. The average molecular weight is 388 g/mol. The van der Waals surface area contributed by atoms with Gasteiger partial charge in [0, 0.05) is 17.4 Å². The van der Waals surface area contributed by atoms with Crippen LogP contribution in [-0.4, -0.2) is 24.9 Å². The summed E-state index contributed by atoms with van der Waals surface area (Å²) in [6.45, 7) is 4.04. The second-order valence-corrected chi connectivity index (χ2v) is 10.0. The summed E-state index contributed by atoms with van der Waals surface area (Å²) < 4.78 is 33.7. The van der Waals surface area contributed by atoms with E-state index < -0.39 is 15.4 Å². The van der Waals surface area contributed by atoms with Gasteiger partial charge in [0.2, 0.25) is 15.9 Å². The number of oxazole rings is 1. The van der Waals surface area contributed by atoms with Crippen molar-refractivity contribution in [3.8, 4) is 11.3 Å². The van der Waals surface area contributed by atoms with Gasteiger partial charge in [0.05, 0.1) is 18.5 Å². The molecule has 6 nitrogen and oxygen atoms in total. The van der Waals surface area contributed by atoms with E-state index in [0.717, 1.165) is 12.0 Å². The molecule has 7 heteroatoms. The Morgan fingerprint density at radius 2 is 2.00 bits per heavy atom. The summed E-state index contributed by atoms with van der Waals surface area (Å²) in [5.41, 5.74) is -0.161. The first kappa shape index (κ1) is 18.4. The lowest BCUT2D eigenvalue weighted by molar-refractivity contribution is -0.128. The van der Waals surface area contributed by atoms with Gasteiger partial charge in [-0.05, 0) is 24.2 Å². The number of carbonyl (C=O) groups is 1. The number of hydrogen-bond donors (Lipinski definition) is 1. The van der Waals surface area contributed by atoms with E-state index in [0.29, 0.717) is 30.4 Å². The second kappa shape index (κ2) is 6.27. The van der Waals surface area contributed by atoms with Crippen molar-refractivity contribution in [2.75, 3.05) is 5.75 Å². The first-order valence-electron chi connectivity index (χ1n) is 9.24. The van der Waals surface area contributed by atoms with E-state index in [4.69, 9.17) is 4.42 Å². The third-order valence-corrected chi connectivity index (χ3v) is 8.09. The number of nitrogens with zero attached hydrogens (tertiary/aromatic N) is 1. The number of benzene rings is 1. The van der Waals surface area contributed by atoms with Crippen molar-refractivity contribution in [1.82, 2.24) is 9.71 Å². The van der Waals surface area contributed by atoms with E-state index in [1.54, 1.807) is 6.20 Å². The van der Waals surface area contributed by atoms with Gasteiger partial charge in [0.15, 0.2) is 5.76 Å². The Balaban J connectivity index is 1.46. The maximum Gasteiger partial charge on any atom is 0.213 e. The summed E-state index contributed by atoms with van der Waals surface area (Å²) >= 11 is 0. The zero-order valence-corrected chi connectivity index (χ0v) is 16.4. The fourth-order valence-electron chi connectivity index (χ4n) is 4.78. The van der Waals surface area contributed by atoms with E-state index in [1.165, 1.54) is 0 Å². The maximum absolute atomic E-state index is 12.7. The molecule has 2 aromatic rings. The number of ketones is 1. The third kappa shape index (κ3) is 3.02. The van der Waals surface area contributed by atoms with Crippen molar-refractivity contribution in [3.05, 3.63) is 42.4 Å². The first-order chi connectivity index (χ1) is 12.7. The number of fused-ring (bicyclic) bond motifs is 2. The molecule has 2 aliphatic rings. The Kier molecular flexibility index (Phi) is 4.27. The summed E-state index contributed by atoms with van der Waals surface area (Å²) in [5.74, 6) is 1.12. The molecule has 0 amide bonds. The van der Waals surface area contributed by atoms with Crippen LogP contribution in [0.1, 0.15) is 39.0 Å². The SMILES string of the molecule is CC1(C)C2CCC1(CS(=O)(=O)NCc1ncc(-c3ccccc3)o1)C(=O)C2. The number of Topliss-reactive ketones (excluding diaryl/α,β-unsaturated/α-hetero) is 1. The Morgan fingerprint density at radius 1 is 1.26 bits per heavy atom. The number of hydrogen-bond acceptors (Lipinski definition) is 5. The van der Waals surface area contributed by atoms with E-state index >= 15 is 0 Å². The Morgan fingerprint density at radius 3 is 2.63 bits per heavy atom. The normalized spacial score (nSPS) is 26.6. The predicted molar refractivity (Wildman–Crippen MR) is 101 cm³/mol. The lowest BCUT2D eigenvalue weighted by atomic mass is 9.70. The molecule has 0 aliphatic heterocycles. The van der Waals surface area contributed by atoms with Gasteiger partial charge >= 0.3 is 0 Å². The average Bonchev–Trinajstić information content (AvgIpc) is 3.24. The minimum absolute atomic E-state index is 0.0245. The Hall–Kier alpha value is -1.99. The molecule has 1 aromatic carbocycles. The zero-order valence-electron chi connectivity index (χ0n) is 15.6. The summed E-state index contributed by atoms with van der Waals surface area (Å²) in [4.78, 5) is 16.7. The van der Waals surface area contributed by atoms with Crippen LogP contribution in [0.4, 0.5) is 0 Å². The summed E-state index contributed by atoms with van der Waals surface area (Å²) in [6, 6.07) is 9.51. The molecule has 1 N–H and O–H groups in total. The summed E-state index contributed by atoms with van der Waals surface area (Å²) in [7, 11) is -3.64. The van der Waals surface area contributed by atoms with Crippen LogP contribution < -0.4 is 4.72 Å². The number of sulfonamides is 1. The molecule has 0 saturated heterocycles. The highest BCUT2D eigenvalue weighted by Gasteiger charge is 2.65. The number of aromatic nitrogens is 1. The number of carbonyl (C=O) groups excluding carboxylic acids is 1. The largest absolute Gasteiger partial charge is 0.439 e. The predicted octanol–water partition coefficient (Wildman–Crippen LogP) is 3.16. The van der Waals surface area contributed by atoms with Crippen LogP contribution in [-0.2, 0) is 21.4 Å². The monoisotopic (exact) mass is 388 g/mol. The van der Waals surface area contributed by atoms with Gasteiger partial charge in [-0.25, -0.2) is 18.1 Å². The van der Waals surface area contributed by atoms with Crippen molar-refractivity contribution >= 4 is 15.8 Å². The molecule has 0 radical (unpaired) electrons. The molecule has 2 unspecified atom stereocenters. The second-order valence-electron chi connectivity index (χ2n) is 8.23. The maximum atomic E-state index is 12.7. The third-order valence-electron chi connectivity index (χ3n) is 6.63. The molecule has 27 heavy (non-hydrogen) atoms. The van der Waals surface area contributed by atoms with E-state index in [1.807, 2.05) is 44.2 Å². The molecule has 1 aromatic heterocycles. The Bertz CT molecular complexity index is 965. The molecule has 2 bridgehead atoms. The lowest BCUT2D eigenvalue weighted by Gasteiger charge is -2.36. The van der Waals surface area contributed by atoms with Crippen LogP contribution in [0.15, 0.2) is 40.9 Å². The van der Waals surface area contributed by atoms with Crippen molar-refractivity contribution in [2.45, 2.75) is 39.7 Å². The number of nitrogens with one attached hydrogen (secondary N) is 1. The van der Waals surface area contributed by atoms with Crippen LogP contribution in [0.25, 0.3) is 11.3 Å². The highest BCUT2D eigenvalue weighted by Crippen LogP contribution is 2.64. The van der Waals surface area contributed by atoms with E-state index in [9.17, 15) is 13.2 Å². The highest BCUT2D eigenvalue weighted by atomic mass is 32.2. The molecular formula is C20H24N2O4S. The molecular weight excluding hydrogens is 364 g/mol. The molecule has 0 spiro atoms. The van der Waals surface area contributed by atoms with E-state index in [2.05, 4.69) is 9.71 Å². The molecule has 2 saturated carbocycles. The molecule has 2 atom stereocenters. The Labute approximate surface area is 159 Å². The lowest BCUT2D eigenvalue weighted by Crippen LogP contribution is -2.45. The molecule has 144 valence electrons. The zero-order chi connectivity index (χ0) is 19.3. The van der Waals surface area contributed by atoms with Gasteiger partial charge < -0.3 is 4.42 Å². The van der Waals surface area contributed by atoms with Gasteiger partial charge in [-0.15, -0.1) is 0 Å². The summed E-state index contributed by atoms with van der Waals surface area (Å²) in [6.07, 6.45) is 3.67. The number of rotatable bonds is 6. The molecule has 4 rings (SSSR count). The van der Waals surface area contributed by atoms with Crippen LogP contribution in [0.3, 0.4) is 0 Å². The van der Waals surface area contributed by atoms with Crippen molar-refractivity contribution in [3.63, 3.8) is 0 Å². The minimum atomic E-state index is -3.64. The van der Waals surface area contributed by atoms with Gasteiger partial charge in [0.25, 0.3) is 0 Å². The van der Waals surface area contributed by atoms with Crippen molar-refractivity contribution < 1.29 is 17.6 Å².